The molecule has 1 saturated heterocycles. The van der Waals surface area contributed by atoms with Crippen LogP contribution in [0.5, 0.6) is 0 Å². The van der Waals surface area contributed by atoms with E-state index in [1.807, 2.05) is 4.90 Å². The van der Waals surface area contributed by atoms with Crippen LogP contribution in [-0.4, -0.2) is 70.5 Å². The van der Waals surface area contributed by atoms with Gasteiger partial charge in [0.15, 0.2) is 11.6 Å². The number of amides is 1. The molecule has 0 N–H and O–H groups in total. The summed E-state index contributed by atoms with van der Waals surface area (Å²) < 4.78 is 24.9. The third-order valence-electron chi connectivity index (χ3n) is 7.30. The fourth-order valence-corrected chi connectivity index (χ4v) is 5.28. The topological polar surface area (TPSA) is 71.0 Å². The maximum Gasteiger partial charge on any atom is 0.237 e. The van der Waals surface area contributed by atoms with Crippen molar-refractivity contribution in [3.63, 3.8) is 0 Å². The van der Waals surface area contributed by atoms with Crippen LogP contribution in [0.25, 0.3) is 0 Å². The Morgan fingerprint density at radius 2 is 1.92 bits per heavy atom. The molecule has 2 unspecified atom stereocenters. The largest absolute Gasteiger partial charge is 0.465 e. The van der Waals surface area contributed by atoms with Crippen LogP contribution in [0.2, 0.25) is 0 Å². The molecule has 3 aliphatic heterocycles. The summed E-state index contributed by atoms with van der Waals surface area (Å²) in [7, 11) is 0. The van der Waals surface area contributed by atoms with Crippen molar-refractivity contribution in [2.45, 2.75) is 51.6 Å². The Morgan fingerprint density at radius 1 is 1.14 bits per heavy atom. The first-order valence-electron chi connectivity index (χ1n) is 13.0. The zero-order valence-electron chi connectivity index (χ0n) is 21.5. The lowest BCUT2D eigenvalue weighted by atomic mass is 10.0. The average Bonchev–Trinajstić information content (AvgIpc) is 2.92. The van der Waals surface area contributed by atoms with Crippen molar-refractivity contribution in [2.24, 2.45) is 0 Å². The van der Waals surface area contributed by atoms with Gasteiger partial charge >= 0.3 is 0 Å². The minimum atomic E-state index is -0.446. The monoisotopic (exact) mass is 507 g/mol. The smallest absolute Gasteiger partial charge is 0.237 e. The van der Waals surface area contributed by atoms with E-state index in [-0.39, 0.29) is 18.0 Å². The number of piperazine rings is 1. The molecule has 0 saturated carbocycles. The van der Waals surface area contributed by atoms with Crippen LogP contribution in [0.1, 0.15) is 39.5 Å². The highest BCUT2D eigenvalue weighted by molar-refractivity contribution is 5.79. The summed E-state index contributed by atoms with van der Waals surface area (Å²) >= 11 is 0. The molecule has 1 aliphatic carbocycles. The molecular weight excluding hydrogens is 473 g/mol. The fraction of sp³-hybridized carbons (Fsp3) is 0.464. The van der Waals surface area contributed by atoms with Gasteiger partial charge < -0.3 is 19.3 Å². The van der Waals surface area contributed by atoms with E-state index in [2.05, 4.69) is 57.9 Å². The van der Waals surface area contributed by atoms with E-state index in [0.717, 1.165) is 42.8 Å². The molecule has 1 fully saturated rings. The molecule has 5 rings (SSSR count). The minimum Gasteiger partial charge on any atom is -0.465 e. The maximum absolute atomic E-state index is 13.2. The molecule has 196 valence electrons. The number of ether oxygens (including phenoxy) is 2. The number of anilines is 1. The maximum atomic E-state index is 13.2. The van der Waals surface area contributed by atoms with Crippen LogP contribution in [0.4, 0.5) is 10.3 Å². The summed E-state index contributed by atoms with van der Waals surface area (Å²) in [5, 5.41) is 0. The molecule has 1 aromatic rings. The van der Waals surface area contributed by atoms with Crippen molar-refractivity contribution in [3.05, 3.63) is 77.7 Å². The van der Waals surface area contributed by atoms with Crippen molar-refractivity contribution >= 4 is 11.9 Å². The van der Waals surface area contributed by atoms with Gasteiger partial charge in [0.25, 0.3) is 0 Å². The van der Waals surface area contributed by atoms with E-state index in [1.54, 1.807) is 12.5 Å². The highest BCUT2D eigenvalue weighted by Crippen LogP contribution is 2.30. The SMILES string of the molecule is CC1CN(c2ncc(F)cn2)CC(C)N1CC(=O)N1CC=C(C2=COC=C(CC3=CC=CCC3)O2)CC1. The van der Waals surface area contributed by atoms with E-state index >= 15 is 0 Å². The lowest BCUT2D eigenvalue weighted by molar-refractivity contribution is -0.133. The number of carbonyl (C=O) groups excluding carboxylic acids is 1. The molecule has 4 aliphatic rings. The Morgan fingerprint density at radius 3 is 2.59 bits per heavy atom. The van der Waals surface area contributed by atoms with Gasteiger partial charge in [0.2, 0.25) is 11.9 Å². The number of hydrogen-bond acceptors (Lipinski definition) is 7. The Balaban J connectivity index is 1.13. The summed E-state index contributed by atoms with van der Waals surface area (Å²) in [6.45, 7) is 7.13. The van der Waals surface area contributed by atoms with Crippen LogP contribution in [0.15, 0.2) is 71.9 Å². The van der Waals surface area contributed by atoms with Crippen LogP contribution in [0, 0.1) is 5.82 Å². The van der Waals surface area contributed by atoms with Gasteiger partial charge in [-0.25, -0.2) is 14.4 Å². The molecule has 2 atom stereocenters. The van der Waals surface area contributed by atoms with Gasteiger partial charge in [0.1, 0.15) is 18.3 Å². The first-order valence-corrected chi connectivity index (χ1v) is 13.0. The number of hydrogen-bond donors (Lipinski definition) is 0. The van der Waals surface area contributed by atoms with Crippen molar-refractivity contribution in [1.29, 1.82) is 0 Å². The van der Waals surface area contributed by atoms with Crippen molar-refractivity contribution in [2.75, 3.05) is 37.6 Å². The van der Waals surface area contributed by atoms with E-state index in [9.17, 15) is 9.18 Å². The van der Waals surface area contributed by atoms with Crippen LogP contribution < -0.4 is 4.90 Å². The zero-order chi connectivity index (χ0) is 25.8. The molecule has 0 spiro atoms. The molecular formula is C28H34FN5O3. The quantitative estimate of drug-likeness (QED) is 0.575. The molecule has 0 bridgehead atoms. The highest BCUT2D eigenvalue weighted by Gasteiger charge is 2.33. The molecule has 0 radical (unpaired) electrons. The number of halogens is 1. The molecule has 4 heterocycles. The van der Waals surface area contributed by atoms with Gasteiger partial charge in [-0.2, -0.15) is 0 Å². The third-order valence-corrected chi connectivity index (χ3v) is 7.30. The van der Waals surface area contributed by atoms with Crippen LogP contribution >= 0.6 is 0 Å². The Labute approximate surface area is 217 Å². The fourth-order valence-electron chi connectivity index (χ4n) is 5.28. The predicted molar refractivity (Wildman–Crippen MR) is 139 cm³/mol. The van der Waals surface area contributed by atoms with E-state index in [4.69, 9.17) is 9.47 Å². The number of aromatic nitrogens is 2. The molecule has 1 amide bonds. The summed E-state index contributed by atoms with van der Waals surface area (Å²) in [5.41, 5.74) is 2.41. The van der Waals surface area contributed by atoms with Crippen LogP contribution in [-0.2, 0) is 14.3 Å². The van der Waals surface area contributed by atoms with Gasteiger partial charge in [0, 0.05) is 44.7 Å². The zero-order valence-corrected chi connectivity index (χ0v) is 21.5. The number of allylic oxidation sites excluding steroid dienone is 5. The first kappa shape index (κ1) is 25.2. The van der Waals surface area contributed by atoms with Crippen molar-refractivity contribution in [3.8, 4) is 0 Å². The second-order valence-corrected chi connectivity index (χ2v) is 10.1. The molecule has 8 nitrogen and oxygen atoms in total. The van der Waals surface area contributed by atoms with Gasteiger partial charge in [-0.3, -0.25) is 9.69 Å². The standard InChI is InChI=1S/C28H34FN5O3/c1-20-15-33(28-30-13-24(29)14-31-28)16-21(2)34(20)17-27(35)32-10-8-23(9-11-32)26-19-36-18-25(37-26)12-22-6-4-3-5-7-22/h3-4,6,8,13-14,18-21H,5,7,9-12,15-17H2,1-2H3. The van der Waals surface area contributed by atoms with Crippen LogP contribution in [0.3, 0.4) is 0 Å². The van der Waals surface area contributed by atoms with Crippen molar-refractivity contribution in [1.82, 2.24) is 19.8 Å². The number of carbonyl (C=O) groups is 1. The number of rotatable bonds is 6. The third kappa shape index (κ3) is 6.10. The number of nitrogens with zero attached hydrogens (tertiary/aromatic N) is 5. The Bertz CT molecular complexity index is 1140. The van der Waals surface area contributed by atoms with Crippen molar-refractivity contribution < 1.29 is 18.7 Å². The first-order chi connectivity index (χ1) is 18.0. The summed E-state index contributed by atoms with van der Waals surface area (Å²) in [6, 6.07) is 0.269. The summed E-state index contributed by atoms with van der Waals surface area (Å²) in [4.78, 5) is 27.6. The van der Waals surface area contributed by atoms with Gasteiger partial charge in [0.05, 0.1) is 18.9 Å². The van der Waals surface area contributed by atoms with Gasteiger partial charge in [-0.1, -0.05) is 29.9 Å². The molecule has 0 aromatic carbocycles. The second kappa shape index (κ2) is 11.3. The normalized spacial score (nSPS) is 24.4. The van der Waals surface area contributed by atoms with Gasteiger partial charge in [-0.15, -0.1) is 0 Å². The van der Waals surface area contributed by atoms with E-state index < -0.39 is 5.82 Å². The van der Waals surface area contributed by atoms with E-state index in [1.165, 1.54) is 18.0 Å². The summed E-state index contributed by atoms with van der Waals surface area (Å²) in [5.74, 6) is 1.74. The van der Waals surface area contributed by atoms with Gasteiger partial charge in [-0.05, 0) is 38.7 Å². The lowest BCUT2D eigenvalue weighted by Crippen LogP contribution is -2.59. The predicted octanol–water partition coefficient (Wildman–Crippen LogP) is 4.07. The van der Waals surface area contributed by atoms with E-state index in [0.29, 0.717) is 38.7 Å². The average molecular weight is 508 g/mol. The Kier molecular flexibility index (Phi) is 7.69. The summed E-state index contributed by atoms with van der Waals surface area (Å²) in [6.07, 6.45) is 17.8. The lowest BCUT2D eigenvalue weighted by Gasteiger charge is -2.44. The molecule has 37 heavy (non-hydrogen) atoms. The Hall–Kier alpha value is -3.46. The highest BCUT2D eigenvalue weighted by atomic mass is 19.1. The second-order valence-electron chi connectivity index (χ2n) is 10.1. The molecule has 1 aromatic heterocycles. The minimum absolute atomic E-state index is 0.119. The molecule has 9 heteroatoms.